The molecule has 2 aromatic rings. The summed E-state index contributed by atoms with van der Waals surface area (Å²) in [6.45, 7) is 0. The largest absolute Gasteiger partial charge is 0.476 e. The zero-order valence-electron chi connectivity index (χ0n) is 8.51. The third kappa shape index (κ3) is 1.74. The van der Waals surface area contributed by atoms with Crippen molar-refractivity contribution in [1.82, 2.24) is 9.55 Å². The molecule has 0 aliphatic carbocycles. The number of aromatic carboxylic acids is 1. The molecule has 0 aliphatic heterocycles. The van der Waals surface area contributed by atoms with Crippen LogP contribution in [0.4, 0.5) is 0 Å². The number of benzene rings is 1. The molecular formula is C11H9BrN2O2. The number of nitrogens with zero attached hydrogens (tertiary/aromatic N) is 2. The number of hydrogen-bond acceptors (Lipinski definition) is 2. The molecule has 1 aromatic heterocycles. The van der Waals surface area contributed by atoms with Gasteiger partial charge in [0.1, 0.15) is 10.4 Å². The Labute approximate surface area is 101 Å². The van der Waals surface area contributed by atoms with E-state index in [4.69, 9.17) is 5.11 Å². The van der Waals surface area contributed by atoms with Gasteiger partial charge in [-0.2, -0.15) is 0 Å². The molecule has 82 valence electrons. The van der Waals surface area contributed by atoms with Crippen molar-refractivity contribution in [2.45, 2.75) is 0 Å². The van der Waals surface area contributed by atoms with E-state index in [1.807, 2.05) is 30.3 Å². The molecule has 16 heavy (non-hydrogen) atoms. The average Bonchev–Trinajstić information content (AvgIpc) is 2.58. The fraction of sp³-hybridized carbons (Fsp3) is 0.0909. The Morgan fingerprint density at radius 3 is 2.50 bits per heavy atom. The first-order valence-electron chi connectivity index (χ1n) is 4.62. The van der Waals surface area contributed by atoms with Gasteiger partial charge in [0.05, 0.1) is 0 Å². The Bertz CT molecular complexity index is 534. The molecule has 0 bridgehead atoms. The first-order chi connectivity index (χ1) is 7.61. The van der Waals surface area contributed by atoms with E-state index < -0.39 is 5.97 Å². The van der Waals surface area contributed by atoms with Gasteiger partial charge in [-0.3, -0.25) is 0 Å². The number of aromatic nitrogens is 2. The Balaban J connectivity index is 2.60. The van der Waals surface area contributed by atoms with Crippen molar-refractivity contribution in [3.8, 4) is 11.4 Å². The van der Waals surface area contributed by atoms with Crippen LogP contribution in [0.3, 0.4) is 0 Å². The summed E-state index contributed by atoms with van der Waals surface area (Å²) in [7, 11) is 1.77. The van der Waals surface area contributed by atoms with Crippen LogP contribution in [0.2, 0.25) is 0 Å². The molecule has 5 heteroatoms. The van der Waals surface area contributed by atoms with Crippen LogP contribution in [0.5, 0.6) is 0 Å². The zero-order chi connectivity index (χ0) is 11.7. The van der Waals surface area contributed by atoms with Crippen LogP contribution in [-0.2, 0) is 7.05 Å². The number of carboxylic acids is 1. The predicted octanol–water partition coefficient (Wildman–Crippen LogP) is 2.55. The van der Waals surface area contributed by atoms with Gasteiger partial charge in [0.25, 0.3) is 0 Å². The molecule has 0 saturated carbocycles. The topological polar surface area (TPSA) is 55.1 Å². The van der Waals surface area contributed by atoms with Crippen LogP contribution in [-0.4, -0.2) is 20.6 Å². The van der Waals surface area contributed by atoms with E-state index in [1.165, 1.54) is 0 Å². The van der Waals surface area contributed by atoms with E-state index in [-0.39, 0.29) is 5.69 Å². The fourth-order valence-corrected chi connectivity index (χ4v) is 1.89. The Morgan fingerprint density at radius 2 is 2.00 bits per heavy atom. The number of imidazole rings is 1. The normalized spacial score (nSPS) is 10.4. The molecule has 0 radical (unpaired) electrons. The highest BCUT2D eigenvalue weighted by Gasteiger charge is 2.18. The second-order valence-corrected chi connectivity index (χ2v) is 4.06. The van der Waals surface area contributed by atoms with Crippen molar-refractivity contribution in [3.05, 3.63) is 40.6 Å². The first-order valence-corrected chi connectivity index (χ1v) is 5.41. The van der Waals surface area contributed by atoms with Gasteiger partial charge in [-0.05, 0) is 15.9 Å². The van der Waals surface area contributed by atoms with Crippen molar-refractivity contribution in [1.29, 1.82) is 0 Å². The molecule has 4 nitrogen and oxygen atoms in total. The fourth-order valence-electron chi connectivity index (χ4n) is 1.46. The van der Waals surface area contributed by atoms with E-state index in [0.29, 0.717) is 10.4 Å². The first kappa shape index (κ1) is 10.9. The van der Waals surface area contributed by atoms with Crippen LogP contribution in [0.15, 0.2) is 34.9 Å². The highest BCUT2D eigenvalue weighted by atomic mass is 79.9. The summed E-state index contributed by atoms with van der Waals surface area (Å²) in [5, 5.41) is 8.94. The molecule has 0 spiro atoms. The molecule has 0 atom stereocenters. The third-order valence-electron chi connectivity index (χ3n) is 2.26. The number of rotatable bonds is 2. The highest BCUT2D eigenvalue weighted by molar-refractivity contribution is 9.10. The summed E-state index contributed by atoms with van der Waals surface area (Å²) >= 11 is 3.22. The van der Waals surface area contributed by atoms with Crippen LogP contribution in [0.25, 0.3) is 11.4 Å². The van der Waals surface area contributed by atoms with Crippen molar-refractivity contribution >= 4 is 21.9 Å². The molecule has 0 amide bonds. The molecule has 0 saturated heterocycles. The molecule has 0 unspecified atom stereocenters. The minimum atomic E-state index is -1.04. The summed E-state index contributed by atoms with van der Waals surface area (Å²) in [5.74, 6) is -0.408. The van der Waals surface area contributed by atoms with Gasteiger partial charge in [0, 0.05) is 12.6 Å². The second-order valence-electron chi connectivity index (χ2n) is 3.31. The van der Waals surface area contributed by atoms with E-state index in [1.54, 1.807) is 11.6 Å². The molecule has 1 heterocycles. The summed E-state index contributed by atoms with van der Waals surface area (Å²) in [4.78, 5) is 15.0. The molecular weight excluding hydrogens is 272 g/mol. The van der Waals surface area contributed by atoms with Gasteiger partial charge in [-0.1, -0.05) is 30.3 Å². The van der Waals surface area contributed by atoms with E-state index >= 15 is 0 Å². The third-order valence-corrected chi connectivity index (χ3v) is 3.17. The Morgan fingerprint density at radius 1 is 1.38 bits per heavy atom. The number of halogens is 1. The second kappa shape index (κ2) is 4.09. The monoisotopic (exact) mass is 280 g/mol. The predicted molar refractivity (Wildman–Crippen MR) is 63.3 cm³/mol. The summed E-state index contributed by atoms with van der Waals surface area (Å²) in [5.41, 5.74) is 0.916. The smallest absolute Gasteiger partial charge is 0.357 e. The summed E-state index contributed by atoms with van der Waals surface area (Å²) in [6, 6.07) is 9.46. The zero-order valence-corrected chi connectivity index (χ0v) is 10.1. The van der Waals surface area contributed by atoms with Gasteiger partial charge in [-0.15, -0.1) is 0 Å². The minimum Gasteiger partial charge on any atom is -0.476 e. The maximum Gasteiger partial charge on any atom is 0.357 e. The SMILES string of the molecule is Cn1c(-c2ccccc2)nc(C(=O)O)c1Br. The maximum atomic E-state index is 10.9. The Hall–Kier alpha value is -1.62. The van der Waals surface area contributed by atoms with E-state index in [9.17, 15) is 4.79 Å². The van der Waals surface area contributed by atoms with Gasteiger partial charge in [0.15, 0.2) is 5.69 Å². The molecule has 0 aliphatic rings. The number of carboxylic acid groups (broad SMARTS) is 1. The lowest BCUT2D eigenvalue weighted by molar-refractivity contribution is 0.0690. The summed E-state index contributed by atoms with van der Waals surface area (Å²) in [6.07, 6.45) is 0. The van der Waals surface area contributed by atoms with Gasteiger partial charge < -0.3 is 9.67 Å². The van der Waals surface area contributed by atoms with Crippen LogP contribution < -0.4 is 0 Å². The van der Waals surface area contributed by atoms with Crippen molar-refractivity contribution in [2.24, 2.45) is 7.05 Å². The highest BCUT2D eigenvalue weighted by Crippen LogP contribution is 2.24. The van der Waals surface area contributed by atoms with E-state index in [0.717, 1.165) is 5.56 Å². The lowest BCUT2D eigenvalue weighted by Gasteiger charge is -2.01. The molecule has 1 aromatic carbocycles. The lowest BCUT2D eigenvalue weighted by Crippen LogP contribution is -1.97. The van der Waals surface area contributed by atoms with Crippen LogP contribution in [0.1, 0.15) is 10.5 Å². The van der Waals surface area contributed by atoms with Gasteiger partial charge in [0.2, 0.25) is 0 Å². The van der Waals surface area contributed by atoms with Crippen LogP contribution >= 0.6 is 15.9 Å². The van der Waals surface area contributed by atoms with Crippen molar-refractivity contribution in [2.75, 3.05) is 0 Å². The minimum absolute atomic E-state index is 0.0290. The van der Waals surface area contributed by atoms with E-state index in [2.05, 4.69) is 20.9 Å². The van der Waals surface area contributed by atoms with Gasteiger partial charge in [-0.25, -0.2) is 9.78 Å². The van der Waals surface area contributed by atoms with Crippen molar-refractivity contribution < 1.29 is 9.90 Å². The Kier molecular flexibility index (Phi) is 2.78. The van der Waals surface area contributed by atoms with Gasteiger partial charge >= 0.3 is 5.97 Å². The average molecular weight is 281 g/mol. The number of carbonyl (C=O) groups is 1. The quantitative estimate of drug-likeness (QED) is 0.920. The lowest BCUT2D eigenvalue weighted by atomic mass is 10.2. The summed E-state index contributed by atoms with van der Waals surface area (Å²) < 4.78 is 2.18. The molecule has 2 rings (SSSR count). The maximum absolute atomic E-state index is 10.9. The standard InChI is InChI=1S/C11H9BrN2O2/c1-14-9(12)8(11(15)16)13-10(14)7-5-3-2-4-6-7/h2-6H,1H3,(H,15,16). The number of hydrogen-bond donors (Lipinski definition) is 1. The van der Waals surface area contributed by atoms with Crippen LogP contribution in [0, 0.1) is 0 Å². The molecule has 1 N–H and O–H groups in total. The van der Waals surface area contributed by atoms with Crippen molar-refractivity contribution in [3.63, 3.8) is 0 Å². The molecule has 0 fully saturated rings.